The molecule has 3 aromatic heterocycles. The summed E-state index contributed by atoms with van der Waals surface area (Å²) in [6, 6.07) is 9.85. The third-order valence-electron chi connectivity index (χ3n) is 6.96. The molecule has 0 bridgehead atoms. The Morgan fingerprint density at radius 2 is 1.84 bits per heavy atom. The number of nitrogens with one attached hydrogen (secondary N) is 1. The molecule has 1 saturated heterocycles. The normalized spacial score (nSPS) is 15.2. The third-order valence-corrected chi connectivity index (χ3v) is 6.96. The molecule has 4 aromatic rings. The predicted molar refractivity (Wildman–Crippen MR) is 149 cm³/mol. The fourth-order valence-electron chi connectivity index (χ4n) is 4.68. The molecule has 224 valence electrons. The van der Waals surface area contributed by atoms with Crippen LogP contribution in [0, 0.1) is 0 Å². The summed E-state index contributed by atoms with van der Waals surface area (Å²) in [6.07, 6.45) is 0.100. The number of rotatable bonds is 7. The number of furan rings is 1. The highest BCUT2D eigenvalue weighted by atomic mass is 19.4. The SMILES string of the molecule is Nc1ccc(/C=C/C(=O)NCCc2cc3cc(-c4cc(C(=O)N5CCC(F)(F)CC5)ccn4)cc(C(F)(F)F)c3o2)cn1. The van der Waals surface area contributed by atoms with Crippen LogP contribution in [0.25, 0.3) is 28.3 Å². The summed E-state index contributed by atoms with van der Waals surface area (Å²) >= 11 is 0. The number of alkyl halides is 5. The number of halogens is 5. The zero-order valence-electron chi connectivity index (χ0n) is 22.6. The van der Waals surface area contributed by atoms with Crippen LogP contribution in [-0.4, -0.2) is 52.2 Å². The molecule has 0 radical (unpaired) electrons. The van der Waals surface area contributed by atoms with Gasteiger partial charge in [0.2, 0.25) is 5.91 Å². The van der Waals surface area contributed by atoms with E-state index in [1.807, 2.05) is 0 Å². The van der Waals surface area contributed by atoms with E-state index in [0.29, 0.717) is 11.4 Å². The Morgan fingerprint density at radius 1 is 1.07 bits per heavy atom. The number of nitrogens with zero attached hydrogens (tertiary/aromatic N) is 3. The van der Waals surface area contributed by atoms with Crippen molar-refractivity contribution in [2.24, 2.45) is 0 Å². The van der Waals surface area contributed by atoms with Crippen LogP contribution in [0.3, 0.4) is 0 Å². The summed E-state index contributed by atoms with van der Waals surface area (Å²) in [5, 5.41) is 2.81. The number of fused-ring (bicyclic) bond motifs is 1. The van der Waals surface area contributed by atoms with Crippen LogP contribution in [0.1, 0.15) is 40.1 Å². The Balaban J connectivity index is 1.32. The molecule has 1 fully saturated rings. The van der Waals surface area contributed by atoms with Crippen LogP contribution in [0.4, 0.5) is 27.8 Å². The van der Waals surface area contributed by atoms with Crippen molar-refractivity contribution >= 4 is 34.7 Å². The van der Waals surface area contributed by atoms with E-state index in [9.17, 15) is 31.5 Å². The number of hydrogen-bond acceptors (Lipinski definition) is 6. The number of nitrogens with two attached hydrogens (primary N) is 1. The number of carbonyl (C=O) groups excluding carboxylic acids is 2. The highest BCUT2D eigenvalue weighted by Gasteiger charge is 2.37. The van der Waals surface area contributed by atoms with E-state index in [0.717, 1.165) is 6.07 Å². The van der Waals surface area contributed by atoms with E-state index in [-0.39, 0.29) is 59.6 Å². The van der Waals surface area contributed by atoms with Gasteiger partial charge in [-0.15, -0.1) is 0 Å². The van der Waals surface area contributed by atoms with Gasteiger partial charge in [-0.25, -0.2) is 13.8 Å². The van der Waals surface area contributed by atoms with Gasteiger partial charge in [0, 0.05) is 73.9 Å². The monoisotopic (exact) mass is 599 g/mol. The fraction of sp³-hybridized carbons (Fsp3) is 0.267. The number of pyridine rings is 2. The van der Waals surface area contributed by atoms with Gasteiger partial charge in [-0.3, -0.25) is 14.6 Å². The molecule has 0 atom stereocenters. The van der Waals surface area contributed by atoms with Crippen LogP contribution < -0.4 is 11.1 Å². The van der Waals surface area contributed by atoms with Crippen molar-refractivity contribution in [3.63, 3.8) is 0 Å². The largest absolute Gasteiger partial charge is 0.460 e. The Kier molecular flexibility index (Phi) is 8.16. The van der Waals surface area contributed by atoms with Crippen LogP contribution >= 0.6 is 0 Å². The van der Waals surface area contributed by atoms with Gasteiger partial charge in [-0.2, -0.15) is 13.2 Å². The molecule has 1 aromatic carbocycles. The second-order valence-corrected chi connectivity index (χ2v) is 10.1. The Morgan fingerprint density at radius 3 is 2.53 bits per heavy atom. The molecule has 1 aliphatic rings. The van der Waals surface area contributed by atoms with E-state index in [1.54, 1.807) is 18.2 Å². The molecular weight excluding hydrogens is 573 g/mol. The van der Waals surface area contributed by atoms with Crippen LogP contribution in [0.15, 0.2) is 65.4 Å². The Hall–Kier alpha value is -4.81. The molecule has 4 heterocycles. The molecule has 1 aliphatic heterocycles. The summed E-state index contributed by atoms with van der Waals surface area (Å²) in [7, 11) is 0. The number of hydrogen-bond donors (Lipinski definition) is 2. The van der Waals surface area contributed by atoms with Gasteiger partial charge in [-0.1, -0.05) is 0 Å². The molecule has 8 nitrogen and oxygen atoms in total. The van der Waals surface area contributed by atoms with Crippen molar-refractivity contribution in [3.8, 4) is 11.3 Å². The van der Waals surface area contributed by atoms with Crippen molar-refractivity contribution in [1.29, 1.82) is 0 Å². The van der Waals surface area contributed by atoms with E-state index >= 15 is 0 Å². The van der Waals surface area contributed by atoms with Crippen LogP contribution in [0.2, 0.25) is 0 Å². The topological polar surface area (TPSA) is 114 Å². The first-order valence-corrected chi connectivity index (χ1v) is 13.3. The summed E-state index contributed by atoms with van der Waals surface area (Å²) in [4.78, 5) is 34.5. The van der Waals surface area contributed by atoms with Crippen LogP contribution in [-0.2, 0) is 17.4 Å². The fourth-order valence-corrected chi connectivity index (χ4v) is 4.68. The summed E-state index contributed by atoms with van der Waals surface area (Å²) in [6.45, 7) is -0.143. The van der Waals surface area contributed by atoms with Gasteiger partial charge < -0.3 is 20.4 Å². The molecule has 0 aliphatic carbocycles. The first-order chi connectivity index (χ1) is 20.4. The van der Waals surface area contributed by atoms with E-state index in [4.69, 9.17) is 10.2 Å². The molecule has 2 amide bonds. The summed E-state index contributed by atoms with van der Waals surface area (Å²) in [5.41, 5.74) is 5.15. The van der Waals surface area contributed by atoms with Crippen LogP contribution in [0.5, 0.6) is 0 Å². The average molecular weight is 600 g/mol. The molecular formula is C30H26F5N5O3. The zero-order chi connectivity index (χ0) is 30.8. The molecule has 3 N–H and O–H groups in total. The number of likely N-dealkylation sites (tertiary alicyclic amines) is 1. The van der Waals surface area contributed by atoms with Crippen molar-refractivity contribution in [3.05, 3.63) is 83.4 Å². The maximum Gasteiger partial charge on any atom is 0.420 e. The molecule has 43 heavy (non-hydrogen) atoms. The Labute approximate surface area is 242 Å². The lowest BCUT2D eigenvalue weighted by Crippen LogP contribution is -2.42. The third kappa shape index (κ3) is 7.16. The van der Waals surface area contributed by atoms with E-state index in [1.165, 1.54) is 47.6 Å². The lowest BCUT2D eigenvalue weighted by Gasteiger charge is -2.31. The number of anilines is 1. The second-order valence-electron chi connectivity index (χ2n) is 10.1. The number of carbonyl (C=O) groups is 2. The molecule has 0 saturated carbocycles. The highest BCUT2D eigenvalue weighted by molar-refractivity contribution is 5.96. The standard InChI is InChI=1S/C30H26F5N5O3/c31-29(32)7-11-40(12-8-29)28(42)19-5-9-37-24(16-19)20-13-21-14-22(43-27(21)23(15-20)30(33,34)35)6-10-38-26(41)4-2-18-1-3-25(36)39-17-18/h1-5,9,13-17H,6-8,10-12H2,(H2,36,39)(H,38,41)/b4-2+. The maximum atomic E-state index is 14.1. The van der Waals surface area contributed by atoms with Crippen molar-refractivity contribution < 1.29 is 36.0 Å². The average Bonchev–Trinajstić information content (AvgIpc) is 3.38. The summed E-state index contributed by atoms with van der Waals surface area (Å²) in [5.74, 6) is -3.17. The van der Waals surface area contributed by atoms with E-state index < -0.39 is 42.3 Å². The number of nitrogen functional groups attached to an aromatic ring is 1. The maximum absolute atomic E-state index is 14.1. The van der Waals surface area contributed by atoms with Gasteiger partial charge in [0.05, 0.1) is 11.3 Å². The highest BCUT2D eigenvalue weighted by Crippen LogP contribution is 2.39. The van der Waals surface area contributed by atoms with Gasteiger partial charge in [0.15, 0.2) is 0 Å². The number of aromatic nitrogens is 2. The minimum absolute atomic E-state index is 0.0996. The van der Waals surface area contributed by atoms with Crippen molar-refractivity contribution in [2.75, 3.05) is 25.4 Å². The van der Waals surface area contributed by atoms with Crippen molar-refractivity contribution in [2.45, 2.75) is 31.4 Å². The Bertz CT molecular complexity index is 1670. The smallest absolute Gasteiger partial charge is 0.420 e. The zero-order valence-corrected chi connectivity index (χ0v) is 22.6. The number of benzene rings is 1. The van der Waals surface area contributed by atoms with Gasteiger partial charge in [-0.05, 0) is 54.1 Å². The molecule has 5 rings (SSSR count). The van der Waals surface area contributed by atoms with Crippen molar-refractivity contribution in [1.82, 2.24) is 20.2 Å². The van der Waals surface area contributed by atoms with Gasteiger partial charge in [0.25, 0.3) is 11.8 Å². The summed E-state index contributed by atoms with van der Waals surface area (Å²) < 4.78 is 74.8. The predicted octanol–water partition coefficient (Wildman–Crippen LogP) is 5.73. The number of amides is 2. The second kappa shape index (κ2) is 11.8. The van der Waals surface area contributed by atoms with Gasteiger partial charge in [0.1, 0.15) is 17.2 Å². The lowest BCUT2D eigenvalue weighted by atomic mass is 10.0. The minimum atomic E-state index is -4.76. The minimum Gasteiger partial charge on any atom is -0.460 e. The molecule has 13 heteroatoms. The lowest BCUT2D eigenvalue weighted by molar-refractivity contribution is -0.136. The first-order valence-electron chi connectivity index (χ1n) is 13.3. The molecule has 0 spiro atoms. The number of piperidine rings is 1. The van der Waals surface area contributed by atoms with E-state index in [2.05, 4.69) is 15.3 Å². The van der Waals surface area contributed by atoms with Gasteiger partial charge >= 0.3 is 6.18 Å². The quantitative estimate of drug-likeness (QED) is 0.207. The first kappa shape index (κ1) is 29.7. The molecule has 0 unspecified atom stereocenters.